The zero-order valence-corrected chi connectivity index (χ0v) is 14.2. The van der Waals surface area contributed by atoms with E-state index in [2.05, 4.69) is 4.98 Å². The average Bonchev–Trinajstić information content (AvgIpc) is 3.17. The minimum atomic E-state index is -4.51. The number of carbonyl (C=O) groups is 1. The number of thiazole rings is 1. The highest BCUT2D eigenvalue weighted by molar-refractivity contribution is 7.14. The lowest BCUT2D eigenvalue weighted by Crippen LogP contribution is -2.38. The standard InChI is InChI=1S/C17H15F3N2O2S/c1-11-9-25-16(21-11)22(10-17(18,19)20)15(23)5-3-12-2-4-14-13(8-12)6-7-24-14/h2-5,8-9H,6-7,10H2,1H3. The third-order valence-corrected chi connectivity index (χ3v) is 4.55. The number of rotatable bonds is 4. The molecule has 8 heteroatoms. The maximum absolute atomic E-state index is 12.8. The molecule has 3 rings (SSSR count). The van der Waals surface area contributed by atoms with E-state index >= 15 is 0 Å². The number of alkyl halides is 3. The number of nitrogens with zero attached hydrogens (tertiary/aromatic N) is 2. The second-order valence-electron chi connectivity index (χ2n) is 5.61. The van der Waals surface area contributed by atoms with Crippen LogP contribution in [0.2, 0.25) is 0 Å². The first kappa shape index (κ1) is 17.5. The van der Waals surface area contributed by atoms with Crippen molar-refractivity contribution >= 4 is 28.5 Å². The van der Waals surface area contributed by atoms with Crippen molar-refractivity contribution in [2.45, 2.75) is 19.5 Å². The van der Waals surface area contributed by atoms with E-state index in [1.54, 1.807) is 24.4 Å². The molecule has 0 saturated carbocycles. The monoisotopic (exact) mass is 368 g/mol. The Kier molecular flexibility index (Phi) is 4.80. The van der Waals surface area contributed by atoms with Crippen molar-refractivity contribution in [2.24, 2.45) is 0 Å². The zero-order valence-electron chi connectivity index (χ0n) is 13.3. The zero-order chi connectivity index (χ0) is 18.0. The summed E-state index contributed by atoms with van der Waals surface area (Å²) in [5.41, 5.74) is 2.33. The van der Waals surface area contributed by atoms with Crippen molar-refractivity contribution in [1.29, 1.82) is 0 Å². The molecule has 25 heavy (non-hydrogen) atoms. The highest BCUT2D eigenvalue weighted by Gasteiger charge is 2.34. The summed E-state index contributed by atoms with van der Waals surface area (Å²) in [6.45, 7) is 0.907. The van der Waals surface area contributed by atoms with Gasteiger partial charge in [-0.25, -0.2) is 4.98 Å². The average molecular weight is 368 g/mol. The van der Waals surface area contributed by atoms with Crippen LogP contribution in [0.5, 0.6) is 5.75 Å². The van der Waals surface area contributed by atoms with Crippen LogP contribution in [-0.4, -0.2) is 30.2 Å². The number of hydrogen-bond acceptors (Lipinski definition) is 4. The molecule has 1 aromatic heterocycles. The Balaban J connectivity index is 1.80. The SMILES string of the molecule is Cc1csc(N(CC(F)(F)F)C(=O)C=Cc2ccc3c(c2)CCO3)n1. The molecule has 0 saturated heterocycles. The number of benzene rings is 1. The van der Waals surface area contributed by atoms with Crippen LogP contribution in [0, 0.1) is 6.92 Å². The number of amides is 1. The summed E-state index contributed by atoms with van der Waals surface area (Å²) in [5.74, 6) is 0.0452. The Labute approximate surface area is 146 Å². The third-order valence-electron chi connectivity index (χ3n) is 3.57. The van der Waals surface area contributed by atoms with E-state index in [4.69, 9.17) is 4.74 Å². The number of aryl methyl sites for hydroxylation is 1. The predicted octanol–water partition coefficient (Wildman–Crippen LogP) is 4.00. The second kappa shape index (κ2) is 6.87. The summed E-state index contributed by atoms with van der Waals surface area (Å²) >= 11 is 1.01. The van der Waals surface area contributed by atoms with Crippen LogP contribution in [0.25, 0.3) is 6.08 Å². The number of fused-ring (bicyclic) bond motifs is 1. The van der Waals surface area contributed by atoms with Gasteiger partial charge < -0.3 is 4.74 Å². The molecule has 0 fully saturated rings. The van der Waals surface area contributed by atoms with Crippen LogP contribution < -0.4 is 9.64 Å². The molecular formula is C17H15F3N2O2S. The normalized spacial score (nSPS) is 13.8. The number of halogens is 3. The molecule has 1 aliphatic rings. The molecule has 1 aliphatic heterocycles. The van der Waals surface area contributed by atoms with Gasteiger partial charge in [-0.3, -0.25) is 9.69 Å². The summed E-state index contributed by atoms with van der Waals surface area (Å²) in [5, 5.41) is 1.64. The van der Waals surface area contributed by atoms with Gasteiger partial charge in [0.1, 0.15) is 12.3 Å². The Bertz CT molecular complexity index is 814. The Morgan fingerprint density at radius 2 is 2.24 bits per heavy atom. The minimum absolute atomic E-state index is 0.0341. The Hall–Kier alpha value is -2.35. The van der Waals surface area contributed by atoms with E-state index in [1.807, 2.05) is 6.07 Å². The largest absolute Gasteiger partial charge is 0.493 e. The number of hydrogen-bond donors (Lipinski definition) is 0. The lowest BCUT2D eigenvalue weighted by molar-refractivity contribution is -0.129. The molecule has 2 aromatic rings. The smallest absolute Gasteiger partial charge is 0.406 e. The Morgan fingerprint density at radius 1 is 1.44 bits per heavy atom. The maximum Gasteiger partial charge on any atom is 0.406 e. The topological polar surface area (TPSA) is 42.4 Å². The molecule has 1 amide bonds. The van der Waals surface area contributed by atoms with E-state index in [-0.39, 0.29) is 5.13 Å². The first-order valence-corrected chi connectivity index (χ1v) is 8.44. The van der Waals surface area contributed by atoms with Crippen LogP contribution in [-0.2, 0) is 11.2 Å². The highest BCUT2D eigenvalue weighted by Crippen LogP contribution is 2.27. The number of ether oxygens (including phenoxy) is 1. The van der Waals surface area contributed by atoms with Crippen molar-refractivity contribution in [3.8, 4) is 5.75 Å². The van der Waals surface area contributed by atoms with Gasteiger partial charge >= 0.3 is 6.18 Å². The first-order chi connectivity index (χ1) is 11.8. The summed E-state index contributed by atoms with van der Waals surface area (Å²) in [6.07, 6.45) is -1.08. The van der Waals surface area contributed by atoms with Crippen LogP contribution in [0.4, 0.5) is 18.3 Å². The maximum atomic E-state index is 12.8. The van der Waals surface area contributed by atoms with Crippen LogP contribution >= 0.6 is 11.3 Å². The highest BCUT2D eigenvalue weighted by atomic mass is 32.1. The lowest BCUT2D eigenvalue weighted by atomic mass is 10.1. The Morgan fingerprint density at radius 3 is 2.92 bits per heavy atom. The summed E-state index contributed by atoms with van der Waals surface area (Å²) in [6, 6.07) is 5.42. The summed E-state index contributed by atoms with van der Waals surface area (Å²) in [4.78, 5) is 17.0. The quantitative estimate of drug-likeness (QED) is 0.767. The van der Waals surface area contributed by atoms with Crippen LogP contribution in [0.15, 0.2) is 29.7 Å². The van der Waals surface area contributed by atoms with Crippen molar-refractivity contribution in [3.05, 3.63) is 46.5 Å². The molecule has 0 radical (unpaired) electrons. The molecular weight excluding hydrogens is 353 g/mol. The van der Waals surface area contributed by atoms with Gasteiger partial charge in [-0.15, -0.1) is 11.3 Å². The molecule has 2 heterocycles. The van der Waals surface area contributed by atoms with Gasteiger partial charge in [0.25, 0.3) is 5.91 Å². The first-order valence-electron chi connectivity index (χ1n) is 7.56. The fraction of sp³-hybridized carbons (Fsp3) is 0.294. The van der Waals surface area contributed by atoms with Crippen molar-refractivity contribution in [2.75, 3.05) is 18.1 Å². The fourth-order valence-corrected chi connectivity index (χ4v) is 3.26. The van der Waals surface area contributed by atoms with Gasteiger partial charge in [-0.2, -0.15) is 13.2 Å². The van der Waals surface area contributed by atoms with Crippen LogP contribution in [0.3, 0.4) is 0 Å². The minimum Gasteiger partial charge on any atom is -0.493 e. The molecule has 0 atom stereocenters. The van der Waals surface area contributed by atoms with Crippen molar-refractivity contribution < 1.29 is 22.7 Å². The van der Waals surface area contributed by atoms with Gasteiger partial charge in [0.2, 0.25) is 0 Å². The molecule has 132 valence electrons. The van der Waals surface area contributed by atoms with Crippen molar-refractivity contribution in [1.82, 2.24) is 4.98 Å². The molecule has 0 aliphatic carbocycles. The van der Waals surface area contributed by atoms with Gasteiger partial charge in [0.05, 0.1) is 12.3 Å². The molecule has 0 spiro atoms. The summed E-state index contributed by atoms with van der Waals surface area (Å²) in [7, 11) is 0. The van der Waals surface area contributed by atoms with E-state index in [1.165, 1.54) is 6.08 Å². The molecule has 4 nitrogen and oxygen atoms in total. The fourth-order valence-electron chi connectivity index (χ4n) is 2.45. The lowest BCUT2D eigenvalue weighted by Gasteiger charge is -2.19. The van der Waals surface area contributed by atoms with Crippen molar-refractivity contribution in [3.63, 3.8) is 0 Å². The van der Waals surface area contributed by atoms with Gasteiger partial charge in [-0.1, -0.05) is 6.07 Å². The molecule has 0 unspecified atom stereocenters. The van der Waals surface area contributed by atoms with Gasteiger partial charge in [-0.05, 0) is 36.3 Å². The van der Waals surface area contributed by atoms with Crippen LogP contribution in [0.1, 0.15) is 16.8 Å². The molecule has 0 bridgehead atoms. The predicted molar refractivity (Wildman–Crippen MR) is 89.9 cm³/mol. The third kappa shape index (κ3) is 4.39. The number of anilines is 1. The molecule has 0 N–H and O–H groups in total. The van der Waals surface area contributed by atoms with E-state index in [0.717, 1.165) is 40.7 Å². The van der Waals surface area contributed by atoms with E-state index < -0.39 is 18.6 Å². The van der Waals surface area contributed by atoms with Gasteiger partial charge in [0.15, 0.2) is 5.13 Å². The molecule has 1 aromatic carbocycles. The second-order valence-corrected chi connectivity index (χ2v) is 6.45. The van der Waals surface area contributed by atoms with E-state index in [0.29, 0.717) is 17.2 Å². The van der Waals surface area contributed by atoms with Gasteiger partial charge in [0, 0.05) is 17.9 Å². The number of aromatic nitrogens is 1. The van der Waals surface area contributed by atoms with E-state index in [9.17, 15) is 18.0 Å². The number of carbonyl (C=O) groups excluding carboxylic acids is 1. The summed E-state index contributed by atoms with van der Waals surface area (Å²) < 4.78 is 43.9.